The van der Waals surface area contributed by atoms with Crippen LogP contribution in [0, 0.1) is 53.3 Å². The first-order valence-electron chi connectivity index (χ1n) is 32.4. The number of esters is 1. The lowest BCUT2D eigenvalue weighted by atomic mass is 9.52. The van der Waals surface area contributed by atoms with E-state index in [1.165, 1.54) is 55.4 Å². The number of aliphatic hydroxyl groups is 2. The van der Waals surface area contributed by atoms with E-state index in [1.807, 2.05) is 75.3 Å². The van der Waals surface area contributed by atoms with E-state index in [4.69, 9.17) is 24.7 Å². The number of hydrogen-bond donors (Lipinski definition) is 8. The van der Waals surface area contributed by atoms with Crippen molar-refractivity contribution in [3.8, 4) is 17.6 Å². The fourth-order valence-corrected chi connectivity index (χ4v) is 13.9. The maximum Gasteiger partial charge on any atom is 0.345 e. The second kappa shape index (κ2) is 30.6. The summed E-state index contributed by atoms with van der Waals surface area (Å²) in [5.74, 6) is 2.91. The lowest BCUT2D eigenvalue weighted by Gasteiger charge is -2.58. The molecule has 4 atom stereocenters. The number of nitrogens with zero attached hydrogens (tertiary/aromatic N) is 6. The third-order valence-electron chi connectivity index (χ3n) is 17.1. The van der Waals surface area contributed by atoms with Crippen LogP contribution >= 0.6 is 0 Å². The van der Waals surface area contributed by atoms with Gasteiger partial charge in [-0.05, 0) is 184 Å². The van der Waals surface area contributed by atoms with E-state index < -0.39 is 34.2 Å². The van der Waals surface area contributed by atoms with Gasteiger partial charge >= 0.3 is 11.9 Å². The summed E-state index contributed by atoms with van der Waals surface area (Å²) in [4.78, 5) is 70.4. The van der Waals surface area contributed by atoms with Gasteiger partial charge in [-0.1, -0.05) is 41.5 Å². The van der Waals surface area contributed by atoms with Gasteiger partial charge in [-0.25, -0.2) is 23.6 Å². The number of carbonyl (C=O) groups excluding carboxylic acids is 5. The van der Waals surface area contributed by atoms with E-state index in [0.29, 0.717) is 78.7 Å². The number of rotatable bonds is 23. The number of carbonyl (C=O) groups is 6. The van der Waals surface area contributed by atoms with E-state index in [1.54, 1.807) is 48.6 Å². The topological polar surface area (TPSA) is 328 Å². The zero-order chi connectivity index (χ0) is 67.6. The van der Waals surface area contributed by atoms with Gasteiger partial charge in [0.15, 0.2) is 0 Å². The number of ether oxygens (including phenoxy) is 4. The molecule has 0 radical (unpaired) electrons. The monoisotopic (exact) mass is 1270 g/mol. The van der Waals surface area contributed by atoms with Crippen molar-refractivity contribution in [3.63, 3.8) is 0 Å². The van der Waals surface area contributed by atoms with Crippen LogP contribution < -0.4 is 41.2 Å². The smallest absolute Gasteiger partial charge is 0.345 e. The van der Waals surface area contributed by atoms with Crippen molar-refractivity contribution < 1.29 is 63.0 Å². The molecule has 8 saturated carbocycles. The van der Waals surface area contributed by atoms with Crippen LogP contribution in [0.5, 0.6) is 17.6 Å². The number of carboxylic acids is 1. The van der Waals surface area contributed by atoms with E-state index in [-0.39, 0.29) is 70.7 Å². The molecule has 506 valence electrons. The van der Waals surface area contributed by atoms with Gasteiger partial charge in [0.25, 0.3) is 5.91 Å². The van der Waals surface area contributed by atoms with E-state index in [9.17, 15) is 44.1 Å². The van der Waals surface area contributed by atoms with Gasteiger partial charge < -0.3 is 61.3 Å². The summed E-state index contributed by atoms with van der Waals surface area (Å²) < 4.78 is 26.7. The van der Waals surface area contributed by atoms with Gasteiger partial charge in [0, 0.05) is 51.5 Å². The fraction of sp³-hybridized carbons (Fsp3) is 0.687. The molecule has 0 aromatic carbocycles. The molecule has 3 aromatic rings. The Labute approximate surface area is 537 Å². The molecule has 24 nitrogen and oxygen atoms in total. The summed E-state index contributed by atoms with van der Waals surface area (Å²) in [5.41, 5.74) is 4.26. The van der Waals surface area contributed by atoms with Crippen molar-refractivity contribution in [2.45, 2.75) is 215 Å². The van der Waals surface area contributed by atoms with E-state index in [0.717, 1.165) is 57.3 Å². The molecule has 11 rings (SSSR count). The van der Waals surface area contributed by atoms with Crippen LogP contribution in [0.15, 0.2) is 36.8 Å². The lowest BCUT2D eigenvalue weighted by molar-refractivity contribution is -0.137. The van der Waals surface area contributed by atoms with Crippen LogP contribution in [-0.2, 0) is 19.1 Å². The predicted octanol–water partition coefficient (Wildman–Crippen LogP) is 8.34. The molecule has 0 saturated heterocycles. The van der Waals surface area contributed by atoms with Gasteiger partial charge in [0.05, 0.1) is 72.8 Å². The molecule has 4 unspecified atom stereocenters. The van der Waals surface area contributed by atoms with Gasteiger partial charge in [0.2, 0.25) is 35.4 Å². The first-order chi connectivity index (χ1) is 42.4. The second-order valence-corrected chi connectivity index (χ2v) is 29.2. The van der Waals surface area contributed by atoms with E-state index in [2.05, 4.69) is 50.4 Å². The number of amides is 4. The number of hydrogen-bond acceptors (Lipinski definition) is 16. The Balaban J connectivity index is 0.000000202. The summed E-state index contributed by atoms with van der Waals surface area (Å²) in [5, 5.41) is 54.5. The number of aromatic nitrogens is 6. The molecule has 3 heterocycles. The van der Waals surface area contributed by atoms with Gasteiger partial charge in [-0.2, -0.15) is 15.3 Å². The fourth-order valence-electron chi connectivity index (χ4n) is 13.9. The highest BCUT2D eigenvalue weighted by Gasteiger charge is 2.56. The Bertz CT molecular complexity index is 3060. The van der Waals surface area contributed by atoms with E-state index >= 15 is 0 Å². The summed E-state index contributed by atoms with van der Waals surface area (Å²) in [6.07, 6.45) is 24.8. The summed E-state index contributed by atoms with van der Waals surface area (Å²) >= 11 is 0. The average Bonchev–Trinajstić information content (AvgIpc) is 1.55. The van der Waals surface area contributed by atoms with Crippen molar-refractivity contribution in [3.05, 3.63) is 53.5 Å². The Hall–Kier alpha value is -7.05. The lowest BCUT2D eigenvalue weighted by Crippen LogP contribution is -2.61. The maximum atomic E-state index is 13.4. The largest absolute Gasteiger partial charge is 0.477 e. The van der Waals surface area contributed by atoms with Crippen LogP contribution in [0.3, 0.4) is 0 Å². The van der Waals surface area contributed by atoms with Crippen LogP contribution in [0.25, 0.3) is 18.6 Å². The average molecular weight is 1270 g/mol. The quantitative estimate of drug-likeness (QED) is 0.0413. The molecule has 0 aliphatic heterocycles. The Kier molecular flexibility index (Phi) is 24.5. The minimum Gasteiger partial charge on any atom is -0.477 e. The summed E-state index contributed by atoms with van der Waals surface area (Å²) in [6.45, 7) is 30.9. The van der Waals surface area contributed by atoms with Crippen molar-refractivity contribution in [1.29, 1.82) is 0 Å². The number of nitrogens with two attached hydrogens (primary N) is 1. The first kappa shape index (κ1) is 73.0. The van der Waals surface area contributed by atoms with Crippen molar-refractivity contribution in [2.75, 3.05) is 26.4 Å². The molecule has 0 spiro atoms. The molecule has 8 aliphatic rings. The normalized spacial score (nSPS) is 25.4. The Morgan fingerprint density at radius 2 is 0.901 bits per heavy atom. The molecular weight excluding hydrogens is 1170 g/mol. The maximum absolute atomic E-state index is 13.4. The Morgan fingerprint density at radius 1 is 0.571 bits per heavy atom. The minimum absolute atomic E-state index is 0.00244. The zero-order valence-electron chi connectivity index (χ0n) is 56.6. The number of aromatic carboxylic acids is 1. The SMILES string of the molecule is CC(=O)NC(C)(C)/C=C/n1ncc(C(=O)NC2C3CC4CC2CC(O)(C4)C3)c1OCC(C)C.CC(=O)NC(C)(C)/C=C/n1ncc(C(=O)O)c1OCC(C)C.CCOC(=O)c1cnn(/C=C/C(C)(C)NC(C)=O)c1OCC(C)C.NC1C2CC3CC1CC(O)(C3)C2. The predicted molar refractivity (Wildman–Crippen MR) is 347 cm³/mol. The highest BCUT2D eigenvalue weighted by molar-refractivity contribution is 5.97. The highest BCUT2D eigenvalue weighted by Crippen LogP contribution is 2.56. The number of nitrogens with one attached hydrogen (secondary N) is 4. The molecule has 8 bridgehead atoms. The van der Waals surface area contributed by atoms with Gasteiger partial charge in [-0.15, -0.1) is 0 Å². The first-order valence-corrected chi connectivity index (χ1v) is 32.4. The zero-order valence-corrected chi connectivity index (χ0v) is 56.6. The molecule has 9 N–H and O–H groups in total. The molecule has 8 fully saturated rings. The van der Waals surface area contributed by atoms with Crippen LogP contribution in [0.4, 0.5) is 0 Å². The third kappa shape index (κ3) is 21.0. The third-order valence-corrected chi connectivity index (χ3v) is 17.1. The van der Waals surface area contributed by atoms with Crippen LogP contribution in [0.2, 0.25) is 0 Å². The van der Waals surface area contributed by atoms with Crippen molar-refractivity contribution in [2.24, 2.45) is 59.0 Å². The molecule has 3 aromatic heterocycles. The Morgan fingerprint density at radius 3 is 1.24 bits per heavy atom. The molecule has 91 heavy (non-hydrogen) atoms. The van der Waals surface area contributed by atoms with Crippen LogP contribution in [-0.4, -0.2) is 147 Å². The molecule has 4 amide bonds. The number of carboxylic acid groups (broad SMARTS) is 1. The second-order valence-electron chi connectivity index (χ2n) is 29.2. The minimum atomic E-state index is -1.10. The standard InChI is InChI=1S/C25H38N4O4.C17H27N3O4.C15H23N3O4.C10H17NO/c1-15(2)14-33-23-20(13-26-29(23)7-6-24(4,5)28-16(3)30)22(31)27-21-18-8-17-9-19(21)12-25(32,10-17)11-18;1-7-23-16(22)14-10-18-20(15(14)24-11-12(2)3)9-8-17(5,6)19-13(4)21;1-10(2)9-22-13-12(14(20)21)8-16-18(13)7-6-15(4,5)17-11(3)19;11-9-7-1-6-2-8(9)5-10(12,3-6)4-7/h6-7,13,15,17-19,21,32H,8-12,14H2,1-5H3,(H,27,31)(H,28,30);8-10,12H,7,11H2,1-6H3,(H,19,21);6-8,10H,9H2,1-5H3,(H,17,19)(H,20,21);6-9,12H,1-5,11H2/b7-6+;9-8+;7-6+;. The molecular formula is C67H105N11O13. The molecule has 24 heteroatoms. The summed E-state index contributed by atoms with van der Waals surface area (Å²) in [6, 6.07) is 0.492. The van der Waals surface area contributed by atoms with Gasteiger partial charge in [-0.3, -0.25) is 19.2 Å². The molecule has 8 aliphatic carbocycles. The highest BCUT2D eigenvalue weighted by atomic mass is 16.5. The van der Waals surface area contributed by atoms with Gasteiger partial charge in [0.1, 0.15) is 16.7 Å². The van der Waals surface area contributed by atoms with Crippen LogP contribution in [0.1, 0.15) is 206 Å². The summed E-state index contributed by atoms with van der Waals surface area (Å²) in [7, 11) is 0. The van der Waals surface area contributed by atoms with Crippen molar-refractivity contribution in [1.82, 2.24) is 50.6 Å². The van der Waals surface area contributed by atoms with Crippen molar-refractivity contribution >= 4 is 54.2 Å².